The smallest absolute Gasteiger partial charge is 0.333 e. The van der Waals surface area contributed by atoms with Gasteiger partial charge in [0.25, 0.3) is 0 Å². The molecule has 2 N–H and O–H groups in total. The quantitative estimate of drug-likeness (QED) is 0.301. The van der Waals surface area contributed by atoms with E-state index in [2.05, 4.69) is 6.58 Å². The topological polar surface area (TPSA) is 83.8 Å². The Bertz CT molecular complexity index is 334. The van der Waals surface area contributed by atoms with Crippen LogP contribution >= 0.6 is 7.60 Å². The van der Waals surface area contributed by atoms with Crippen LogP contribution in [0.3, 0.4) is 0 Å². The van der Waals surface area contributed by atoms with Crippen LogP contribution < -0.4 is 0 Å². The van der Waals surface area contributed by atoms with Crippen molar-refractivity contribution in [2.24, 2.45) is 0 Å². The molecule has 7 heteroatoms. The van der Waals surface area contributed by atoms with E-state index in [1.807, 2.05) is 14.1 Å². The molecule has 0 unspecified atom stereocenters. The summed E-state index contributed by atoms with van der Waals surface area (Å²) in [6, 6.07) is 0. The van der Waals surface area contributed by atoms with Gasteiger partial charge in [-0.2, -0.15) is 0 Å². The number of esters is 1. The third-order valence-electron chi connectivity index (χ3n) is 2.27. The lowest BCUT2D eigenvalue weighted by molar-refractivity contribution is -0.888. The first-order valence-electron chi connectivity index (χ1n) is 5.23. The predicted octanol–water partition coefficient (Wildman–Crippen LogP) is 0.360. The highest BCUT2D eigenvalue weighted by Crippen LogP contribution is 2.34. The van der Waals surface area contributed by atoms with Crippen molar-refractivity contribution in [1.29, 1.82) is 0 Å². The number of ether oxygens (including phenoxy) is 1. The molecule has 0 fully saturated rings. The summed E-state index contributed by atoms with van der Waals surface area (Å²) >= 11 is 0. The first-order chi connectivity index (χ1) is 7.53. The number of nitrogens with zero attached hydrogens (tertiary/aromatic N) is 1. The fourth-order valence-corrected chi connectivity index (χ4v) is 1.82. The van der Waals surface area contributed by atoms with Gasteiger partial charge in [-0.15, -0.1) is 0 Å². The van der Waals surface area contributed by atoms with E-state index in [1.165, 1.54) is 0 Å². The van der Waals surface area contributed by atoms with Crippen LogP contribution in [-0.2, 0) is 14.1 Å². The Kier molecular flexibility index (Phi) is 6.05. The zero-order chi connectivity index (χ0) is 13.7. The van der Waals surface area contributed by atoms with Crippen LogP contribution in [0.5, 0.6) is 0 Å². The Balaban J connectivity index is 3.98. The number of quaternary nitrogens is 1. The van der Waals surface area contributed by atoms with Crippen LogP contribution in [-0.4, -0.2) is 60.2 Å². The number of carbonyl (C=O) groups is 1. The zero-order valence-corrected chi connectivity index (χ0v) is 11.4. The normalized spacial score (nSPS) is 12.3. The zero-order valence-electron chi connectivity index (χ0n) is 10.5. The molecule has 6 nitrogen and oxygen atoms in total. The molecule has 0 amide bonds. The summed E-state index contributed by atoms with van der Waals surface area (Å²) in [6.45, 7) is 6.06. The van der Waals surface area contributed by atoms with Gasteiger partial charge in [0, 0.05) is 5.57 Å². The second kappa shape index (κ2) is 6.31. The lowest BCUT2D eigenvalue weighted by atomic mass is 10.4. The highest BCUT2D eigenvalue weighted by atomic mass is 31.2. The van der Waals surface area contributed by atoms with Gasteiger partial charge in [0.2, 0.25) is 0 Å². The summed E-state index contributed by atoms with van der Waals surface area (Å²) in [4.78, 5) is 28.6. The molecule has 17 heavy (non-hydrogen) atoms. The molecule has 0 aromatic carbocycles. The maximum Gasteiger partial charge on any atom is 0.333 e. The van der Waals surface area contributed by atoms with E-state index >= 15 is 0 Å². The van der Waals surface area contributed by atoms with Crippen molar-refractivity contribution >= 4 is 13.6 Å². The average Bonchev–Trinajstić information content (AvgIpc) is 2.13. The van der Waals surface area contributed by atoms with Crippen LogP contribution in [0.25, 0.3) is 0 Å². The molecule has 100 valence electrons. The highest BCUT2D eigenvalue weighted by molar-refractivity contribution is 7.51. The van der Waals surface area contributed by atoms with Crippen molar-refractivity contribution in [3.63, 3.8) is 0 Å². The molecule has 0 saturated heterocycles. The molecule has 0 aliphatic rings. The van der Waals surface area contributed by atoms with Crippen molar-refractivity contribution < 1.29 is 28.4 Å². The Morgan fingerprint density at radius 3 is 2.29 bits per heavy atom. The van der Waals surface area contributed by atoms with Crippen LogP contribution in [0.4, 0.5) is 0 Å². The van der Waals surface area contributed by atoms with Crippen LogP contribution in [0, 0.1) is 0 Å². The molecule has 0 aliphatic carbocycles. The number of hydrogen-bond donors (Lipinski definition) is 2. The molecule has 0 heterocycles. The molecule has 0 atom stereocenters. The van der Waals surface area contributed by atoms with Crippen LogP contribution in [0.2, 0.25) is 0 Å². The summed E-state index contributed by atoms with van der Waals surface area (Å²) in [5.74, 6) is -0.444. The Morgan fingerprint density at radius 2 is 1.88 bits per heavy atom. The van der Waals surface area contributed by atoms with E-state index < -0.39 is 13.6 Å². The van der Waals surface area contributed by atoms with Gasteiger partial charge in [-0.25, -0.2) is 4.79 Å². The second-order valence-corrected chi connectivity index (χ2v) is 6.46. The monoisotopic (exact) mass is 266 g/mol. The summed E-state index contributed by atoms with van der Waals surface area (Å²) in [5, 5.41) is 0. The molecule has 0 aliphatic heterocycles. The maximum absolute atomic E-state index is 11.1. The maximum atomic E-state index is 11.1. The SMILES string of the molecule is C=C(C)C(=O)OCC[N+](C)(C)CCP(=O)(O)O. The predicted molar refractivity (Wildman–Crippen MR) is 64.5 cm³/mol. The average molecular weight is 266 g/mol. The number of likely N-dealkylation sites (N-methyl/N-ethyl adjacent to an activating group) is 1. The van der Waals surface area contributed by atoms with E-state index in [9.17, 15) is 9.36 Å². The highest BCUT2D eigenvalue weighted by Gasteiger charge is 2.22. The van der Waals surface area contributed by atoms with Gasteiger partial charge in [-0.3, -0.25) is 4.57 Å². The molecular weight excluding hydrogens is 245 g/mol. The Hall–Kier alpha value is -0.680. The van der Waals surface area contributed by atoms with Gasteiger partial charge in [0.15, 0.2) is 0 Å². The van der Waals surface area contributed by atoms with Crippen molar-refractivity contribution in [2.75, 3.05) is 40.0 Å². The van der Waals surface area contributed by atoms with Crippen molar-refractivity contribution in [3.8, 4) is 0 Å². The Morgan fingerprint density at radius 1 is 1.35 bits per heavy atom. The minimum absolute atomic E-state index is 0.172. The van der Waals surface area contributed by atoms with Crippen molar-refractivity contribution in [2.45, 2.75) is 6.92 Å². The lowest BCUT2D eigenvalue weighted by Crippen LogP contribution is -2.44. The van der Waals surface area contributed by atoms with Gasteiger partial charge < -0.3 is 19.0 Å². The second-order valence-electron chi connectivity index (χ2n) is 4.69. The minimum Gasteiger partial charge on any atom is -0.456 e. The van der Waals surface area contributed by atoms with E-state index in [1.54, 1.807) is 6.92 Å². The van der Waals surface area contributed by atoms with Gasteiger partial charge in [-0.05, 0) is 6.92 Å². The summed E-state index contributed by atoms with van der Waals surface area (Å²) < 4.78 is 16.0. The fourth-order valence-electron chi connectivity index (χ4n) is 1.02. The first kappa shape index (κ1) is 16.3. The molecular formula is C10H21NO5P+. The van der Waals surface area contributed by atoms with E-state index in [-0.39, 0.29) is 12.8 Å². The van der Waals surface area contributed by atoms with Gasteiger partial charge in [0.05, 0.1) is 26.8 Å². The molecule has 0 aromatic rings. The third kappa shape index (κ3) is 9.06. The summed E-state index contributed by atoms with van der Waals surface area (Å²) in [5.41, 5.74) is 0.338. The molecule has 0 aromatic heterocycles. The largest absolute Gasteiger partial charge is 0.456 e. The van der Waals surface area contributed by atoms with E-state index in [4.69, 9.17) is 14.5 Å². The van der Waals surface area contributed by atoms with Gasteiger partial charge in [0.1, 0.15) is 13.2 Å². The van der Waals surface area contributed by atoms with E-state index in [0.29, 0.717) is 23.1 Å². The number of rotatable bonds is 7. The van der Waals surface area contributed by atoms with Crippen molar-refractivity contribution in [3.05, 3.63) is 12.2 Å². The third-order valence-corrected chi connectivity index (χ3v) is 3.06. The fraction of sp³-hybridized carbons (Fsp3) is 0.700. The lowest BCUT2D eigenvalue weighted by Gasteiger charge is -2.29. The minimum atomic E-state index is -3.97. The van der Waals surface area contributed by atoms with E-state index in [0.717, 1.165) is 0 Å². The standard InChI is InChI=1S/C10H20NO5P/c1-9(2)10(12)16-7-5-11(3,4)6-8-17(13,14)15/h1,5-8H2,2-4H3,(H-,13,14,15)/p+1. The van der Waals surface area contributed by atoms with Crippen LogP contribution in [0.1, 0.15) is 6.92 Å². The first-order valence-corrected chi connectivity index (χ1v) is 7.02. The molecule has 0 radical (unpaired) electrons. The van der Waals surface area contributed by atoms with Gasteiger partial charge in [-0.1, -0.05) is 6.58 Å². The summed E-state index contributed by atoms with van der Waals surface area (Å²) in [7, 11) is -0.319. The number of carbonyl (C=O) groups excluding carboxylic acids is 1. The number of hydrogen-bond acceptors (Lipinski definition) is 3. The molecule has 0 rings (SSSR count). The van der Waals surface area contributed by atoms with Gasteiger partial charge >= 0.3 is 13.6 Å². The summed E-state index contributed by atoms with van der Waals surface area (Å²) in [6.07, 6.45) is -0.172. The molecule has 0 saturated carbocycles. The van der Waals surface area contributed by atoms with Crippen molar-refractivity contribution in [1.82, 2.24) is 0 Å². The Labute approximate surface area is 102 Å². The van der Waals surface area contributed by atoms with Crippen LogP contribution in [0.15, 0.2) is 12.2 Å². The molecule has 0 spiro atoms. The molecule has 0 bridgehead atoms.